The molecule has 0 aliphatic carbocycles. The third kappa shape index (κ3) is 4.23. The lowest BCUT2D eigenvalue weighted by Crippen LogP contribution is -2.15. The van der Waals surface area contributed by atoms with Gasteiger partial charge in [-0.15, -0.1) is 0 Å². The second-order valence-corrected chi connectivity index (χ2v) is 6.03. The van der Waals surface area contributed by atoms with Gasteiger partial charge in [0.25, 0.3) is 0 Å². The van der Waals surface area contributed by atoms with E-state index in [2.05, 4.69) is 19.2 Å². The quantitative estimate of drug-likeness (QED) is 0.813. The first-order valence-corrected chi connectivity index (χ1v) is 7.55. The van der Waals surface area contributed by atoms with Gasteiger partial charge in [-0.05, 0) is 35.2 Å². The van der Waals surface area contributed by atoms with Gasteiger partial charge in [-0.25, -0.2) is 0 Å². The Morgan fingerprint density at radius 3 is 2.48 bits per heavy atom. The van der Waals surface area contributed by atoms with Crippen LogP contribution in [-0.2, 0) is 11.2 Å². The van der Waals surface area contributed by atoms with Gasteiger partial charge in [0.1, 0.15) is 0 Å². The fourth-order valence-corrected chi connectivity index (χ4v) is 2.46. The molecule has 0 atom stereocenters. The monoisotopic (exact) mass is 321 g/mol. The summed E-state index contributed by atoms with van der Waals surface area (Å²) in [5, 5.41) is 3.91. The maximum absolute atomic E-state index is 12.2. The van der Waals surface area contributed by atoms with Crippen LogP contribution >= 0.6 is 23.2 Å². The highest BCUT2D eigenvalue weighted by atomic mass is 35.5. The molecule has 21 heavy (non-hydrogen) atoms. The fraction of sp³-hybridized carbons (Fsp3) is 0.235. The Labute approximate surface area is 135 Å². The Morgan fingerprint density at radius 2 is 1.81 bits per heavy atom. The highest BCUT2D eigenvalue weighted by molar-refractivity contribution is 6.42. The summed E-state index contributed by atoms with van der Waals surface area (Å²) in [5.74, 6) is 0.285. The van der Waals surface area contributed by atoms with Gasteiger partial charge in [0, 0.05) is 5.69 Å². The second kappa shape index (κ2) is 6.97. The molecule has 0 fully saturated rings. The lowest BCUT2D eigenvalue weighted by Gasteiger charge is -2.13. The number of amides is 1. The summed E-state index contributed by atoms with van der Waals surface area (Å²) >= 11 is 11.8. The van der Waals surface area contributed by atoms with Crippen LogP contribution < -0.4 is 5.32 Å². The summed E-state index contributed by atoms with van der Waals surface area (Å²) in [6.07, 6.45) is 0.267. The minimum Gasteiger partial charge on any atom is -0.326 e. The number of hydrogen-bond donors (Lipinski definition) is 1. The Bertz CT molecular complexity index is 653. The Morgan fingerprint density at radius 1 is 1.10 bits per heavy atom. The molecule has 0 heterocycles. The van der Waals surface area contributed by atoms with Crippen LogP contribution in [-0.4, -0.2) is 5.91 Å². The van der Waals surface area contributed by atoms with E-state index in [0.717, 1.165) is 16.8 Å². The zero-order valence-corrected chi connectivity index (χ0v) is 13.5. The van der Waals surface area contributed by atoms with Crippen molar-refractivity contribution in [1.29, 1.82) is 0 Å². The highest BCUT2D eigenvalue weighted by Crippen LogP contribution is 2.25. The van der Waals surface area contributed by atoms with Crippen molar-refractivity contribution >= 4 is 34.8 Å². The molecular formula is C17H17Cl2NO. The molecule has 0 bridgehead atoms. The molecule has 110 valence electrons. The molecule has 0 spiro atoms. The topological polar surface area (TPSA) is 29.1 Å². The minimum absolute atomic E-state index is 0.0681. The molecule has 2 rings (SSSR count). The van der Waals surface area contributed by atoms with E-state index in [4.69, 9.17) is 23.2 Å². The average Bonchev–Trinajstić information content (AvgIpc) is 2.43. The zero-order valence-electron chi connectivity index (χ0n) is 12.0. The number of para-hydroxylation sites is 1. The van der Waals surface area contributed by atoms with Crippen molar-refractivity contribution in [2.75, 3.05) is 5.32 Å². The van der Waals surface area contributed by atoms with Crippen molar-refractivity contribution in [1.82, 2.24) is 0 Å². The van der Waals surface area contributed by atoms with Gasteiger partial charge in [-0.3, -0.25) is 4.79 Å². The summed E-state index contributed by atoms with van der Waals surface area (Å²) in [6, 6.07) is 13.1. The van der Waals surface area contributed by atoms with Crippen molar-refractivity contribution in [2.45, 2.75) is 26.2 Å². The number of nitrogens with one attached hydrogen (secondary N) is 1. The van der Waals surface area contributed by atoms with Crippen LogP contribution in [0, 0.1) is 0 Å². The smallest absolute Gasteiger partial charge is 0.228 e. The number of anilines is 1. The van der Waals surface area contributed by atoms with E-state index < -0.39 is 0 Å². The minimum atomic E-state index is -0.0681. The third-order valence-corrected chi connectivity index (χ3v) is 3.94. The van der Waals surface area contributed by atoms with E-state index in [1.54, 1.807) is 12.1 Å². The SMILES string of the molecule is CC(C)c1ccccc1NC(=O)Cc1ccc(Cl)c(Cl)c1. The van der Waals surface area contributed by atoms with Crippen molar-refractivity contribution in [3.8, 4) is 0 Å². The molecule has 1 amide bonds. The first-order chi connectivity index (χ1) is 9.97. The van der Waals surface area contributed by atoms with Crippen molar-refractivity contribution in [3.05, 3.63) is 63.6 Å². The summed E-state index contributed by atoms with van der Waals surface area (Å²) in [7, 11) is 0. The number of halogens is 2. The molecule has 2 aromatic carbocycles. The predicted molar refractivity (Wildman–Crippen MR) is 89.3 cm³/mol. The average molecular weight is 322 g/mol. The number of carbonyl (C=O) groups is 1. The first-order valence-electron chi connectivity index (χ1n) is 6.80. The van der Waals surface area contributed by atoms with Gasteiger partial charge in [-0.2, -0.15) is 0 Å². The van der Waals surface area contributed by atoms with Crippen LogP contribution in [0.5, 0.6) is 0 Å². The largest absolute Gasteiger partial charge is 0.326 e. The Kier molecular flexibility index (Phi) is 5.27. The van der Waals surface area contributed by atoms with Crippen LogP contribution in [0.1, 0.15) is 30.9 Å². The van der Waals surface area contributed by atoms with E-state index in [1.807, 2.05) is 30.3 Å². The predicted octanol–water partition coefficient (Wildman–Crippen LogP) is 5.30. The van der Waals surface area contributed by atoms with Crippen molar-refractivity contribution in [2.24, 2.45) is 0 Å². The summed E-state index contributed by atoms with van der Waals surface area (Å²) in [5.41, 5.74) is 2.82. The van der Waals surface area contributed by atoms with Crippen LogP contribution in [0.3, 0.4) is 0 Å². The normalized spacial score (nSPS) is 10.7. The second-order valence-electron chi connectivity index (χ2n) is 5.22. The number of benzene rings is 2. The van der Waals surface area contributed by atoms with E-state index >= 15 is 0 Å². The molecule has 0 aliphatic heterocycles. The molecule has 0 radical (unpaired) electrons. The Hall–Kier alpha value is -1.51. The molecule has 0 saturated carbocycles. The molecule has 2 nitrogen and oxygen atoms in total. The molecule has 1 N–H and O–H groups in total. The number of carbonyl (C=O) groups excluding carboxylic acids is 1. The molecule has 0 aliphatic rings. The highest BCUT2D eigenvalue weighted by Gasteiger charge is 2.10. The zero-order chi connectivity index (χ0) is 15.4. The van der Waals surface area contributed by atoms with E-state index in [1.165, 1.54) is 0 Å². The maximum atomic E-state index is 12.2. The molecule has 0 unspecified atom stereocenters. The molecule has 2 aromatic rings. The van der Waals surface area contributed by atoms with Crippen LogP contribution in [0.4, 0.5) is 5.69 Å². The molecule has 0 saturated heterocycles. The van der Waals surface area contributed by atoms with E-state index in [-0.39, 0.29) is 12.3 Å². The number of hydrogen-bond acceptors (Lipinski definition) is 1. The number of rotatable bonds is 4. The fourth-order valence-electron chi connectivity index (χ4n) is 2.14. The third-order valence-electron chi connectivity index (χ3n) is 3.21. The van der Waals surface area contributed by atoms with Gasteiger partial charge in [0.15, 0.2) is 0 Å². The first kappa shape index (κ1) is 15.9. The van der Waals surface area contributed by atoms with Crippen LogP contribution in [0.25, 0.3) is 0 Å². The molecule has 0 aromatic heterocycles. The maximum Gasteiger partial charge on any atom is 0.228 e. The van der Waals surface area contributed by atoms with Gasteiger partial charge in [0.2, 0.25) is 5.91 Å². The summed E-state index contributed by atoms with van der Waals surface area (Å²) in [6.45, 7) is 4.20. The molecule has 4 heteroatoms. The van der Waals surface area contributed by atoms with Crippen molar-refractivity contribution in [3.63, 3.8) is 0 Å². The van der Waals surface area contributed by atoms with Gasteiger partial charge >= 0.3 is 0 Å². The van der Waals surface area contributed by atoms with Gasteiger partial charge in [0.05, 0.1) is 16.5 Å². The van der Waals surface area contributed by atoms with Crippen molar-refractivity contribution < 1.29 is 4.79 Å². The van der Waals surface area contributed by atoms with Crippen LogP contribution in [0.2, 0.25) is 10.0 Å². The lowest BCUT2D eigenvalue weighted by atomic mass is 10.0. The van der Waals surface area contributed by atoms with E-state index in [9.17, 15) is 4.79 Å². The summed E-state index contributed by atoms with van der Waals surface area (Å²) in [4.78, 5) is 12.2. The van der Waals surface area contributed by atoms with E-state index in [0.29, 0.717) is 16.0 Å². The van der Waals surface area contributed by atoms with Gasteiger partial charge in [-0.1, -0.05) is 61.3 Å². The standard InChI is InChI=1S/C17H17Cl2NO/c1-11(2)13-5-3-4-6-16(13)20-17(21)10-12-7-8-14(18)15(19)9-12/h3-9,11H,10H2,1-2H3,(H,20,21). The Balaban J connectivity index is 2.10. The molecular weight excluding hydrogens is 305 g/mol. The summed E-state index contributed by atoms with van der Waals surface area (Å²) < 4.78 is 0. The van der Waals surface area contributed by atoms with Gasteiger partial charge < -0.3 is 5.32 Å². The van der Waals surface area contributed by atoms with Crippen LogP contribution in [0.15, 0.2) is 42.5 Å². The lowest BCUT2D eigenvalue weighted by molar-refractivity contribution is -0.115.